The van der Waals surface area contributed by atoms with Crippen molar-refractivity contribution in [3.8, 4) is 5.75 Å². The number of morpholine rings is 1. The standard InChI is InChI=1S/C12H16ClNO4S/c1-9-7-11(17-2)10(13)8-12(9)19(15,16)14-3-5-18-6-4-14/h7-8H,3-6H2,1-2H3. The Hall–Kier alpha value is -0.820. The molecular formula is C12H16ClNO4S. The van der Waals surface area contributed by atoms with Crippen molar-refractivity contribution in [3.63, 3.8) is 0 Å². The second kappa shape index (κ2) is 5.66. The van der Waals surface area contributed by atoms with Gasteiger partial charge in [-0.1, -0.05) is 11.6 Å². The Morgan fingerprint density at radius 3 is 2.53 bits per heavy atom. The van der Waals surface area contributed by atoms with E-state index in [-0.39, 0.29) is 4.90 Å². The molecule has 1 aromatic carbocycles. The van der Waals surface area contributed by atoms with Crippen molar-refractivity contribution in [1.82, 2.24) is 4.31 Å². The Morgan fingerprint density at radius 2 is 1.95 bits per heavy atom. The van der Waals surface area contributed by atoms with E-state index in [1.165, 1.54) is 17.5 Å². The largest absolute Gasteiger partial charge is 0.495 e. The maximum Gasteiger partial charge on any atom is 0.243 e. The van der Waals surface area contributed by atoms with E-state index in [4.69, 9.17) is 21.1 Å². The summed E-state index contributed by atoms with van der Waals surface area (Å²) in [6.45, 7) is 3.30. The first-order chi connectivity index (χ1) is 8.96. The van der Waals surface area contributed by atoms with E-state index in [2.05, 4.69) is 0 Å². The molecule has 0 unspecified atom stereocenters. The van der Waals surface area contributed by atoms with Crippen LogP contribution < -0.4 is 4.74 Å². The smallest absolute Gasteiger partial charge is 0.243 e. The maximum atomic E-state index is 12.5. The van der Waals surface area contributed by atoms with Crippen molar-refractivity contribution >= 4 is 21.6 Å². The molecule has 5 nitrogen and oxygen atoms in total. The zero-order chi connectivity index (χ0) is 14.0. The van der Waals surface area contributed by atoms with Crippen molar-refractivity contribution < 1.29 is 17.9 Å². The van der Waals surface area contributed by atoms with E-state index in [0.29, 0.717) is 42.6 Å². The van der Waals surface area contributed by atoms with Crippen molar-refractivity contribution in [3.05, 3.63) is 22.7 Å². The van der Waals surface area contributed by atoms with Crippen LogP contribution in [-0.4, -0.2) is 46.1 Å². The third-order valence-corrected chi connectivity index (χ3v) is 5.37. The molecule has 1 aliphatic heterocycles. The van der Waals surface area contributed by atoms with E-state index in [9.17, 15) is 8.42 Å². The van der Waals surface area contributed by atoms with Gasteiger partial charge in [-0.3, -0.25) is 0 Å². The highest BCUT2D eigenvalue weighted by molar-refractivity contribution is 7.89. The van der Waals surface area contributed by atoms with Crippen LogP contribution in [0, 0.1) is 6.92 Å². The number of sulfonamides is 1. The Bertz CT molecular complexity index is 567. The Kier molecular flexibility index (Phi) is 4.35. The summed E-state index contributed by atoms with van der Waals surface area (Å²) in [6.07, 6.45) is 0. The van der Waals surface area contributed by atoms with Gasteiger partial charge in [-0.05, 0) is 24.6 Å². The van der Waals surface area contributed by atoms with Gasteiger partial charge in [0.15, 0.2) is 0 Å². The molecule has 2 rings (SSSR count). The van der Waals surface area contributed by atoms with Gasteiger partial charge < -0.3 is 9.47 Å². The van der Waals surface area contributed by atoms with E-state index in [0.717, 1.165) is 0 Å². The molecular weight excluding hydrogens is 290 g/mol. The lowest BCUT2D eigenvalue weighted by atomic mass is 10.2. The molecule has 0 saturated carbocycles. The molecule has 0 aliphatic carbocycles. The SMILES string of the molecule is COc1cc(C)c(S(=O)(=O)N2CCOCC2)cc1Cl. The molecule has 1 fully saturated rings. The average molecular weight is 306 g/mol. The quantitative estimate of drug-likeness (QED) is 0.852. The van der Waals surface area contributed by atoms with Crippen LogP contribution in [0.25, 0.3) is 0 Å². The predicted octanol–water partition coefficient (Wildman–Crippen LogP) is 1.68. The molecule has 106 valence electrons. The molecule has 1 saturated heterocycles. The van der Waals surface area contributed by atoms with E-state index < -0.39 is 10.0 Å². The number of hydrogen-bond acceptors (Lipinski definition) is 4. The van der Waals surface area contributed by atoms with Gasteiger partial charge >= 0.3 is 0 Å². The molecule has 1 aliphatic rings. The van der Waals surface area contributed by atoms with Gasteiger partial charge in [-0.25, -0.2) is 8.42 Å². The zero-order valence-electron chi connectivity index (χ0n) is 10.8. The fourth-order valence-electron chi connectivity index (χ4n) is 2.00. The number of ether oxygens (including phenoxy) is 2. The zero-order valence-corrected chi connectivity index (χ0v) is 12.4. The molecule has 0 aromatic heterocycles. The van der Waals surface area contributed by atoms with Gasteiger partial charge in [-0.15, -0.1) is 0 Å². The number of benzene rings is 1. The van der Waals surface area contributed by atoms with Gasteiger partial charge in [0.05, 0.1) is 30.2 Å². The summed E-state index contributed by atoms with van der Waals surface area (Å²) < 4.78 is 36.7. The average Bonchev–Trinajstić information content (AvgIpc) is 2.41. The molecule has 0 bridgehead atoms. The first kappa shape index (κ1) is 14.6. The first-order valence-electron chi connectivity index (χ1n) is 5.89. The molecule has 0 spiro atoms. The summed E-state index contributed by atoms with van der Waals surface area (Å²) in [7, 11) is -2.03. The number of methoxy groups -OCH3 is 1. The van der Waals surface area contributed by atoms with Gasteiger partial charge in [0, 0.05) is 13.1 Å². The summed E-state index contributed by atoms with van der Waals surface area (Å²) in [5.74, 6) is 0.472. The summed E-state index contributed by atoms with van der Waals surface area (Å²) in [5.41, 5.74) is 0.618. The Labute approximate surface area is 118 Å². The van der Waals surface area contributed by atoms with Crippen LogP contribution in [0.5, 0.6) is 5.75 Å². The van der Waals surface area contributed by atoms with E-state index >= 15 is 0 Å². The van der Waals surface area contributed by atoms with Crippen molar-refractivity contribution in [1.29, 1.82) is 0 Å². The van der Waals surface area contributed by atoms with Gasteiger partial charge in [0.25, 0.3) is 0 Å². The highest BCUT2D eigenvalue weighted by Gasteiger charge is 2.28. The van der Waals surface area contributed by atoms with Crippen LogP contribution in [0.2, 0.25) is 5.02 Å². The van der Waals surface area contributed by atoms with E-state index in [1.54, 1.807) is 13.0 Å². The highest BCUT2D eigenvalue weighted by Crippen LogP contribution is 2.31. The second-order valence-electron chi connectivity index (χ2n) is 4.27. The van der Waals surface area contributed by atoms with Crippen molar-refractivity contribution in [2.45, 2.75) is 11.8 Å². The predicted molar refractivity (Wildman–Crippen MR) is 72.3 cm³/mol. The third-order valence-electron chi connectivity index (χ3n) is 3.04. The molecule has 1 aromatic rings. The number of rotatable bonds is 3. The highest BCUT2D eigenvalue weighted by atomic mass is 35.5. The molecule has 1 heterocycles. The summed E-state index contributed by atoms with van der Waals surface area (Å²) >= 11 is 6.01. The maximum absolute atomic E-state index is 12.5. The number of aryl methyl sites for hydroxylation is 1. The molecule has 0 radical (unpaired) electrons. The van der Waals surface area contributed by atoms with Gasteiger partial charge in [0.1, 0.15) is 5.75 Å². The fraction of sp³-hybridized carbons (Fsp3) is 0.500. The third kappa shape index (κ3) is 2.86. The number of nitrogens with zero attached hydrogens (tertiary/aromatic N) is 1. The topological polar surface area (TPSA) is 55.8 Å². The summed E-state index contributed by atoms with van der Waals surface area (Å²) in [6, 6.07) is 3.08. The monoisotopic (exact) mass is 305 g/mol. The summed E-state index contributed by atoms with van der Waals surface area (Å²) in [5, 5.41) is 0.292. The van der Waals surface area contributed by atoms with Gasteiger partial charge in [0.2, 0.25) is 10.0 Å². The van der Waals surface area contributed by atoms with Crippen LogP contribution in [0.3, 0.4) is 0 Å². The van der Waals surface area contributed by atoms with Crippen LogP contribution in [0.1, 0.15) is 5.56 Å². The molecule has 0 atom stereocenters. The normalized spacial score (nSPS) is 17.4. The van der Waals surface area contributed by atoms with Crippen LogP contribution >= 0.6 is 11.6 Å². The molecule has 0 N–H and O–H groups in total. The molecule has 7 heteroatoms. The lowest BCUT2D eigenvalue weighted by Gasteiger charge is -2.26. The van der Waals surface area contributed by atoms with Crippen LogP contribution in [0.4, 0.5) is 0 Å². The minimum atomic E-state index is -3.53. The number of halogens is 1. The molecule has 0 amide bonds. The van der Waals surface area contributed by atoms with Crippen molar-refractivity contribution in [2.24, 2.45) is 0 Å². The minimum Gasteiger partial charge on any atom is -0.495 e. The van der Waals surface area contributed by atoms with E-state index in [1.807, 2.05) is 0 Å². The Morgan fingerprint density at radius 1 is 1.32 bits per heavy atom. The lowest BCUT2D eigenvalue weighted by molar-refractivity contribution is 0.0730. The first-order valence-corrected chi connectivity index (χ1v) is 7.70. The second-order valence-corrected chi connectivity index (χ2v) is 6.58. The Balaban J connectivity index is 2.42. The van der Waals surface area contributed by atoms with Gasteiger partial charge in [-0.2, -0.15) is 4.31 Å². The fourth-order valence-corrected chi connectivity index (χ4v) is 3.94. The van der Waals surface area contributed by atoms with Crippen molar-refractivity contribution in [2.75, 3.05) is 33.4 Å². The summed E-state index contributed by atoms with van der Waals surface area (Å²) in [4.78, 5) is 0.222. The van der Waals surface area contributed by atoms with Crippen LogP contribution in [0.15, 0.2) is 17.0 Å². The molecule has 19 heavy (non-hydrogen) atoms. The minimum absolute atomic E-state index is 0.222. The number of hydrogen-bond donors (Lipinski definition) is 0. The van der Waals surface area contributed by atoms with Crippen LogP contribution in [-0.2, 0) is 14.8 Å². The lowest BCUT2D eigenvalue weighted by Crippen LogP contribution is -2.40.